The molecule has 0 bridgehead atoms. The van der Waals surface area contributed by atoms with Gasteiger partial charge in [0.05, 0.1) is 24.4 Å². The minimum atomic E-state index is 0.560. The second kappa shape index (κ2) is 5.90. The summed E-state index contributed by atoms with van der Waals surface area (Å²) < 4.78 is 5.24. The first kappa shape index (κ1) is 12.9. The number of benzene rings is 1. The summed E-state index contributed by atoms with van der Waals surface area (Å²) in [7, 11) is 1.57. The average molecular weight is 269 g/mol. The van der Waals surface area contributed by atoms with Crippen LogP contribution in [-0.2, 0) is 6.54 Å². The number of thiophene rings is 1. The lowest BCUT2D eigenvalue weighted by Gasteiger charge is -2.10. The van der Waals surface area contributed by atoms with Crippen LogP contribution < -0.4 is 10.1 Å². The van der Waals surface area contributed by atoms with Crippen molar-refractivity contribution in [1.82, 2.24) is 0 Å². The number of nitriles is 2. The Hall–Kier alpha value is -2.50. The molecule has 0 aliphatic rings. The van der Waals surface area contributed by atoms with Gasteiger partial charge in [-0.05, 0) is 24.3 Å². The number of anilines is 1. The molecular formula is C14H11N3OS. The zero-order chi connectivity index (χ0) is 13.7. The minimum absolute atomic E-state index is 0.560. The zero-order valence-electron chi connectivity index (χ0n) is 10.3. The van der Waals surface area contributed by atoms with Crippen molar-refractivity contribution in [3.05, 3.63) is 45.6 Å². The van der Waals surface area contributed by atoms with E-state index >= 15 is 0 Å². The summed E-state index contributed by atoms with van der Waals surface area (Å²) in [6, 6.07) is 13.2. The molecule has 2 rings (SSSR count). The SMILES string of the molecule is COc1cc(C#N)ccc1NCc1ccc(C#N)s1. The lowest BCUT2D eigenvalue weighted by atomic mass is 10.2. The first-order valence-electron chi connectivity index (χ1n) is 5.57. The van der Waals surface area contributed by atoms with Gasteiger partial charge >= 0.3 is 0 Å². The fraction of sp³-hybridized carbons (Fsp3) is 0.143. The Balaban J connectivity index is 2.11. The maximum absolute atomic E-state index is 8.83. The Morgan fingerprint density at radius 1 is 1.21 bits per heavy atom. The van der Waals surface area contributed by atoms with E-state index in [2.05, 4.69) is 17.5 Å². The van der Waals surface area contributed by atoms with Gasteiger partial charge in [0, 0.05) is 17.5 Å². The van der Waals surface area contributed by atoms with E-state index in [-0.39, 0.29) is 0 Å². The molecule has 94 valence electrons. The number of nitrogens with one attached hydrogen (secondary N) is 1. The lowest BCUT2D eigenvalue weighted by molar-refractivity contribution is 0.416. The maximum Gasteiger partial charge on any atom is 0.143 e. The molecule has 0 aliphatic heterocycles. The van der Waals surface area contributed by atoms with Crippen molar-refractivity contribution in [1.29, 1.82) is 10.5 Å². The van der Waals surface area contributed by atoms with Crippen LogP contribution in [0, 0.1) is 22.7 Å². The van der Waals surface area contributed by atoms with E-state index in [1.165, 1.54) is 11.3 Å². The maximum atomic E-state index is 8.83. The van der Waals surface area contributed by atoms with Gasteiger partial charge in [-0.15, -0.1) is 11.3 Å². The Morgan fingerprint density at radius 2 is 2.05 bits per heavy atom. The second-order valence-electron chi connectivity index (χ2n) is 3.76. The van der Waals surface area contributed by atoms with Crippen molar-refractivity contribution in [2.75, 3.05) is 12.4 Å². The number of hydrogen-bond acceptors (Lipinski definition) is 5. The molecule has 1 aromatic carbocycles. The normalized spacial score (nSPS) is 9.42. The molecule has 0 radical (unpaired) electrons. The summed E-state index contributed by atoms with van der Waals surface area (Å²) in [6.07, 6.45) is 0. The van der Waals surface area contributed by atoms with Crippen LogP contribution in [0.1, 0.15) is 15.3 Å². The summed E-state index contributed by atoms with van der Waals surface area (Å²) in [4.78, 5) is 1.77. The predicted molar refractivity (Wildman–Crippen MR) is 74.1 cm³/mol. The quantitative estimate of drug-likeness (QED) is 0.925. The van der Waals surface area contributed by atoms with E-state index in [0.29, 0.717) is 22.7 Å². The summed E-state index contributed by atoms with van der Waals surface area (Å²) in [6.45, 7) is 0.620. The monoisotopic (exact) mass is 269 g/mol. The third-order valence-corrected chi connectivity index (χ3v) is 3.55. The Morgan fingerprint density at radius 3 is 2.68 bits per heavy atom. The van der Waals surface area contributed by atoms with Crippen molar-refractivity contribution in [3.8, 4) is 17.9 Å². The fourth-order valence-corrected chi connectivity index (χ4v) is 2.37. The molecule has 0 aliphatic carbocycles. The van der Waals surface area contributed by atoms with Crippen molar-refractivity contribution in [2.24, 2.45) is 0 Å². The van der Waals surface area contributed by atoms with E-state index in [4.69, 9.17) is 15.3 Å². The van der Waals surface area contributed by atoms with Crippen LogP contribution >= 0.6 is 11.3 Å². The molecule has 0 fully saturated rings. The van der Waals surface area contributed by atoms with Crippen LogP contribution in [0.4, 0.5) is 5.69 Å². The molecule has 1 N–H and O–H groups in total. The molecule has 1 heterocycles. The first-order valence-corrected chi connectivity index (χ1v) is 6.39. The minimum Gasteiger partial charge on any atom is -0.495 e. The predicted octanol–water partition coefficient (Wildman–Crippen LogP) is 3.11. The van der Waals surface area contributed by atoms with Crippen molar-refractivity contribution < 1.29 is 4.74 Å². The molecule has 2 aromatic rings. The van der Waals surface area contributed by atoms with Gasteiger partial charge in [0.25, 0.3) is 0 Å². The third-order valence-electron chi connectivity index (χ3n) is 2.56. The van der Waals surface area contributed by atoms with Gasteiger partial charge in [0.2, 0.25) is 0 Å². The summed E-state index contributed by atoms with van der Waals surface area (Å²) >= 11 is 1.46. The number of nitrogens with zero attached hydrogens (tertiary/aromatic N) is 2. The van der Waals surface area contributed by atoms with Crippen LogP contribution in [0.5, 0.6) is 5.75 Å². The summed E-state index contributed by atoms with van der Waals surface area (Å²) in [5, 5.41) is 20.8. The summed E-state index contributed by atoms with van der Waals surface area (Å²) in [5.41, 5.74) is 1.39. The molecule has 1 aromatic heterocycles. The molecule has 5 heteroatoms. The van der Waals surface area contributed by atoms with Crippen LogP contribution in [-0.4, -0.2) is 7.11 Å². The van der Waals surface area contributed by atoms with Crippen molar-refractivity contribution >= 4 is 17.0 Å². The Bertz CT molecular complexity index is 664. The number of hydrogen-bond donors (Lipinski definition) is 1. The summed E-state index contributed by atoms with van der Waals surface area (Å²) in [5.74, 6) is 0.635. The number of rotatable bonds is 4. The van der Waals surface area contributed by atoms with Gasteiger partial charge in [0.1, 0.15) is 16.7 Å². The zero-order valence-corrected chi connectivity index (χ0v) is 11.1. The first-order chi connectivity index (χ1) is 9.26. The van der Waals surface area contributed by atoms with E-state index < -0.39 is 0 Å². The highest BCUT2D eigenvalue weighted by Gasteiger charge is 2.05. The molecule has 0 atom stereocenters. The third kappa shape index (κ3) is 3.04. The highest BCUT2D eigenvalue weighted by atomic mass is 32.1. The van der Waals surface area contributed by atoms with Crippen LogP contribution in [0.15, 0.2) is 30.3 Å². The topological polar surface area (TPSA) is 68.8 Å². The molecular weight excluding hydrogens is 258 g/mol. The second-order valence-corrected chi connectivity index (χ2v) is 4.93. The highest BCUT2D eigenvalue weighted by molar-refractivity contribution is 7.12. The Labute approximate surface area is 115 Å². The van der Waals surface area contributed by atoms with Gasteiger partial charge in [-0.25, -0.2) is 0 Å². The van der Waals surface area contributed by atoms with E-state index in [1.807, 2.05) is 12.1 Å². The van der Waals surface area contributed by atoms with Crippen molar-refractivity contribution in [3.63, 3.8) is 0 Å². The number of methoxy groups -OCH3 is 1. The van der Waals surface area contributed by atoms with Gasteiger partial charge < -0.3 is 10.1 Å². The lowest BCUT2D eigenvalue weighted by Crippen LogP contribution is -2.00. The van der Waals surface area contributed by atoms with Crippen molar-refractivity contribution in [2.45, 2.75) is 6.54 Å². The molecule has 0 saturated heterocycles. The smallest absolute Gasteiger partial charge is 0.143 e. The molecule has 0 saturated carbocycles. The van der Waals surface area contributed by atoms with Gasteiger partial charge in [-0.1, -0.05) is 0 Å². The van der Waals surface area contributed by atoms with Crippen LogP contribution in [0.2, 0.25) is 0 Å². The number of ether oxygens (including phenoxy) is 1. The van der Waals surface area contributed by atoms with E-state index in [9.17, 15) is 0 Å². The molecule has 0 unspecified atom stereocenters. The van der Waals surface area contributed by atoms with Crippen LogP contribution in [0.25, 0.3) is 0 Å². The highest BCUT2D eigenvalue weighted by Crippen LogP contribution is 2.26. The van der Waals surface area contributed by atoms with E-state index in [1.54, 1.807) is 25.3 Å². The molecule has 4 nitrogen and oxygen atoms in total. The molecule has 0 spiro atoms. The largest absolute Gasteiger partial charge is 0.495 e. The van der Waals surface area contributed by atoms with Gasteiger partial charge in [-0.3, -0.25) is 0 Å². The van der Waals surface area contributed by atoms with Gasteiger partial charge in [-0.2, -0.15) is 10.5 Å². The molecule has 19 heavy (non-hydrogen) atoms. The van der Waals surface area contributed by atoms with E-state index in [0.717, 1.165) is 10.6 Å². The Kier molecular flexibility index (Phi) is 4.02. The standard InChI is InChI=1S/C14H11N3OS/c1-18-14-6-10(7-15)2-5-13(14)17-9-12-4-3-11(8-16)19-12/h2-6,17H,9H2,1H3. The molecule has 0 amide bonds. The average Bonchev–Trinajstić information content (AvgIpc) is 2.92. The van der Waals surface area contributed by atoms with Gasteiger partial charge in [0.15, 0.2) is 0 Å². The van der Waals surface area contributed by atoms with Crippen LogP contribution in [0.3, 0.4) is 0 Å². The fourth-order valence-electron chi connectivity index (χ4n) is 1.62.